The van der Waals surface area contributed by atoms with Gasteiger partial charge in [-0.2, -0.15) is 0 Å². The Bertz CT molecular complexity index is 370. The zero-order valence-electron chi connectivity index (χ0n) is 9.87. The summed E-state index contributed by atoms with van der Waals surface area (Å²) in [6.45, 7) is 4.77. The summed E-state index contributed by atoms with van der Waals surface area (Å²) in [5.74, 6) is 0. The largest absolute Gasteiger partial charge is 0.309 e. The summed E-state index contributed by atoms with van der Waals surface area (Å²) in [7, 11) is -0.784. The number of rotatable bonds is 5. The van der Waals surface area contributed by atoms with Crippen LogP contribution in [0.3, 0.4) is 0 Å². The molecule has 0 heterocycles. The summed E-state index contributed by atoms with van der Waals surface area (Å²) in [4.78, 5) is 0. The van der Waals surface area contributed by atoms with Gasteiger partial charge in [0.2, 0.25) is 0 Å². The van der Waals surface area contributed by atoms with Crippen LogP contribution in [0.5, 0.6) is 0 Å². The zero-order chi connectivity index (χ0) is 12.1. The van der Waals surface area contributed by atoms with E-state index in [9.17, 15) is 4.21 Å². The molecule has 90 valence electrons. The highest BCUT2D eigenvalue weighted by atomic mass is 35.5. The van der Waals surface area contributed by atoms with E-state index in [1.807, 2.05) is 31.2 Å². The smallest absolute Gasteiger partial charge is 0.0453 e. The van der Waals surface area contributed by atoms with E-state index in [1.165, 1.54) is 0 Å². The van der Waals surface area contributed by atoms with Gasteiger partial charge in [0.15, 0.2) is 0 Å². The van der Waals surface area contributed by atoms with Gasteiger partial charge in [-0.1, -0.05) is 29.8 Å². The van der Waals surface area contributed by atoms with Crippen molar-refractivity contribution in [2.75, 3.05) is 12.8 Å². The normalized spacial score (nSPS) is 16.8. The van der Waals surface area contributed by atoms with Crippen LogP contribution in [0, 0.1) is 0 Å². The molecule has 0 amide bonds. The average Bonchev–Trinajstić information content (AvgIpc) is 2.25. The van der Waals surface area contributed by atoms with Crippen LogP contribution < -0.4 is 5.32 Å². The lowest BCUT2D eigenvalue weighted by Crippen LogP contribution is -2.29. The molecule has 0 aliphatic heterocycles. The monoisotopic (exact) mass is 259 g/mol. The van der Waals surface area contributed by atoms with Gasteiger partial charge >= 0.3 is 0 Å². The molecule has 0 bridgehead atoms. The van der Waals surface area contributed by atoms with Crippen LogP contribution in [-0.2, 0) is 10.8 Å². The lowest BCUT2D eigenvalue weighted by atomic mass is 10.1. The molecule has 2 nitrogen and oxygen atoms in total. The molecule has 1 N–H and O–H groups in total. The van der Waals surface area contributed by atoms with E-state index in [0.29, 0.717) is 0 Å². The molecule has 4 heteroatoms. The molecule has 0 aliphatic carbocycles. The maximum atomic E-state index is 11.2. The summed E-state index contributed by atoms with van der Waals surface area (Å²) in [5, 5.41) is 4.27. The van der Waals surface area contributed by atoms with Gasteiger partial charge in [-0.3, -0.25) is 4.21 Å². The molecule has 0 radical (unpaired) electrons. The van der Waals surface area contributed by atoms with Crippen LogP contribution in [0.15, 0.2) is 24.3 Å². The fourth-order valence-corrected chi connectivity index (χ4v) is 2.03. The molecule has 3 atom stereocenters. The molecule has 16 heavy (non-hydrogen) atoms. The van der Waals surface area contributed by atoms with Gasteiger partial charge in [0, 0.05) is 39.9 Å². The van der Waals surface area contributed by atoms with E-state index in [0.717, 1.165) is 17.1 Å². The fourth-order valence-electron chi connectivity index (χ4n) is 1.40. The third-order valence-electron chi connectivity index (χ3n) is 2.65. The van der Waals surface area contributed by atoms with Crippen molar-refractivity contribution >= 4 is 22.4 Å². The highest BCUT2D eigenvalue weighted by Crippen LogP contribution is 2.21. The molecular weight excluding hydrogens is 242 g/mol. The Morgan fingerprint density at radius 3 is 2.56 bits per heavy atom. The Kier molecular flexibility index (Phi) is 5.46. The lowest BCUT2D eigenvalue weighted by Gasteiger charge is -2.17. The topological polar surface area (TPSA) is 29.1 Å². The number of hydrogen-bond donors (Lipinski definition) is 1. The highest BCUT2D eigenvalue weighted by molar-refractivity contribution is 7.84. The van der Waals surface area contributed by atoms with Gasteiger partial charge in [-0.05, 0) is 25.5 Å². The molecule has 0 saturated heterocycles. The third-order valence-corrected chi connectivity index (χ3v) is 4.29. The van der Waals surface area contributed by atoms with Crippen LogP contribution in [-0.4, -0.2) is 22.3 Å². The van der Waals surface area contributed by atoms with Crippen LogP contribution in [0.25, 0.3) is 0 Å². The number of nitrogens with one attached hydrogen (secondary N) is 1. The van der Waals surface area contributed by atoms with Gasteiger partial charge < -0.3 is 5.32 Å². The molecule has 0 aliphatic rings. The van der Waals surface area contributed by atoms with Gasteiger partial charge in [0.05, 0.1) is 0 Å². The van der Waals surface area contributed by atoms with Crippen molar-refractivity contribution in [2.45, 2.75) is 25.1 Å². The SMILES string of the molecule is CC(NCC(C)S(C)=O)c1ccccc1Cl. The first-order valence-electron chi connectivity index (χ1n) is 5.32. The van der Waals surface area contributed by atoms with E-state index in [4.69, 9.17) is 11.6 Å². The summed E-state index contributed by atoms with van der Waals surface area (Å²) in [5.41, 5.74) is 1.08. The Balaban J connectivity index is 2.56. The predicted molar refractivity (Wildman–Crippen MR) is 71.4 cm³/mol. The van der Waals surface area contributed by atoms with Crippen LogP contribution >= 0.6 is 11.6 Å². The van der Waals surface area contributed by atoms with Gasteiger partial charge in [-0.15, -0.1) is 0 Å². The molecule has 1 aromatic rings. The van der Waals surface area contributed by atoms with Crippen molar-refractivity contribution in [3.05, 3.63) is 34.9 Å². The number of hydrogen-bond acceptors (Lipinski definition) is 2. The molecule has 0 aromatic heterocycles. The molecule has 3 unspecified atom stereocenters. The minimum atomic E-state index is -0.784. The van der Waals surface area contributed by atoms with Crippen LogP contribution in [0.4, 0.5) is 0 Å². The Morgan fingerprint density at radius 1 is 1.38 bits per heavy atom. The van der Waals surface area contributed by atoms with Gasteiger partial charge in [-0.25, -0.2) is 0 Å². The van der Waals surface area contributed by atoms with E-state index in [-0.39, 0.29) is 11.3 Å². The first-order chi connectivity index (χ1) is 7.52. The summed E-state index contributed by atoms with van der Waals surface area (Å²) in [6, 6.07) is 7.97. The van der Waals surface area contributed by atoms with E-state index in [2.05, 4.69) is 12.2 Å². The van der Waals surface area contributed by atoms with Crippen molar-refractivity contribution in [3.63, 3.8) is 0 Å². The maximum absolute atomic E-state index is 11.2. The molecule has 1 rings (SSSR count). The minimum Gasteiger partial charge on any atom is -0.309 e. The molecule has 0 saturated carbocycles. The fraction of sp³-hybridized carbons (Fsp3) is 0.500. The minimum absolute atomic E-state index is 0.157. The second-order valence-electron chi connectivity index (χ2n) is 3.96. The molecule has 0 fully saturated rings. The van der Waals surface area contributed by atoms with Gasteiger partial charge in [0.1, 0.15) is 0 Å². The summed E-state index contributed by atoms with van der Waals surface area (Å²) < 4.78 is 11.2. The van der Waals surface area contributed by atoms with E-state index >= 15 is 0 Å². The van der Waals surface area contributed by atoms with E-state index in [1.54, 1.807) is 6.26 Å². The van der Waals surface area contributed by atoms with E-state index < -0.39 is 10.8 Å². The highest BCUT2D eigenvalue weighted by Gasteiger charge is 2.11. The van der Waals surface area contributed by atoms with Crippen molar-refractivity contribution in [2.24, 2.45) is 0 Å². The first kappa shape index (κ1) is 13.7. The Morgan fingerprint density at radius 2 is 2.00 bits per heavy atom. The molecule has 1 aromatic carbocycles. The number of benzene rings is 1. The molecular formula is C12H18ClNOS. The molecule has 0 spiro atoms. The quantitative estimate of drug-likeness (QED) is 0.881. The predicted octanol–water partition coefficient (Wildman–Crippen LogP) is 2.76. The van der Waals surface area contributed by atoms with Crippen molar-refractivity contribution in [1.29, 1.82) is 0 Å². The van der Waals surface area contributed by atoms with Crippen LogP contribution in [0.2, 0.25) is 5.02 Å². The Labute approximate surface area is 105 Å². The van der Waals surface area contributed by atoms with Gasteiger partial charge in [0.25, 0.3) is 0 Å². The zero-order valence-corrected chi connectivity index (χ0v) is 11.4. The lowest BCUT2D eigenvalue weighted by molar-refractivity contribution is 0.569. The van der Waals surface area contributed by atoms with Crippen LogP contribution in [0.1, 0.15) is 25.5 Å². The third kappa shape index (κ3) is 3.89. The maximum Gasteiger partial charge on any atom is 0.0453 e. The summed E-state index contributed by atoms with van der Waals surface area (Å²) >= 11 is 6.10. The Hall–Kier alpha value is -0.380. The standard InChI is InChI=1S/C12H18ClNOS/c1-9(16(3)15)8-14-10(2)11-6-4-5-7-12(11)13/h4-7,9-10,14H,8H2,1-3H3. The number of halogens is 1. The second-order valence-corrected chi connectivity index (χ2v) is 6.17. The second kappa shape index (κ2) is 6.38. The summed E-state index contributed by atoms with van der Waals surface area (Å²) in [6.07, 6.45) is 1.73. The van der Waals surface area contributed by atoms with Crippen molar-refractivity contribution < 1.29 is 4.21 Å². The van der Waals surface area contributed by atoms with Crippen molar-refractivity contribution in [3.8, 4) is 0 Å². The average molecular weight is 260 g/mol. The first-order valence-corrected chi connectivity index (χ1v) is 7.32. The van der Waals surface area contributed by atoms with Crippen molar-refractivity contribution in [1.82, 2.24) is 5.32 Å².